The van der Waals surface area contributed by atoms with Gasteiger partial charge in [-0.15, -0.1) is 5.11 Å². The first kappa shape index (κ1) is 27.4. The molecule has 0 saturated heterocycles. The number of methoxy groups -OCH3 is 3. The number of anilines is 3. The fraction of sp³-hybridized carbons (Fsp3) is 0.583. The van der Waals surface area contributed by atoms with E-state index >= 15 is 0 Å². The van der Waals surface area contributed by atoms with Gasteiger partial charge in [0.05, 0.1) is 18.9 Å². The average molecular weight is 474 g/mol. The van der Waals surface area contributed by atoms with Crippen molar-refractivity contribution in [1.82, 2.24) is 9.97 Å². The van der Waals surface area contributed by atoms with E-state index in [4.69, 9.17) is 24.2 Å². The van der Waals surface area contributed by atoms with Crippen molar-refractivity contribution in [2.24, 2.45) is 10.2 Å². The van der Waals surface area contributed by atoms with Gasteiger partial charge in [0, 0.05) is 46.6 Å². The molecule has 0 aliphatic rings. The minimum absolute atomic E-state index is 0.00303. The summed E-state index contributed by atoms with van der Waals surface area (Å²) in [6.45, 7) is 8.49. The van der Waals surface area contributed by atoms with Crippen LogP contribution in [0.3, 0.4) is 0 Å². The van der Waals surface area contributed by atoms with Crippen LogP contribution in [0.1, 0.15) is 32.8 Å². The molecule has 2 rings (SSSR count). The Morgan fingerprint density at radius 1 is 0.853 bits per heavy atom. The molecule has 3 N–H and O–H groups in total. The summed E-state index contributed by atoms with van der Waals surface area (Å²) in [4.78, 5) is 9.39. The van der Waals surface area contributed by atoms with Crippen molar-refractivity contribution in [3.05, 3.63) is 29.8 Å². The molecule has 0 amide bonds. The lowest BCUT2D eigenvalue weighted by Gasteiger charge is -2.19. The quantitative estimate of drug-likeness (QED) is 0.235. The number of rotatable bonds is 16. The number of aromatic nitrogens is 2. The molecule has 0 fully saturated rings. The fourth-order valence-electron chi connectivity index (χ4n) is 3.20. The average Bonchev–Trinajstić information content (AvgIpc) is 2.82. The van der Waals surface area contributed by atoms with E-state index in [1.165, 1.54) is 5.56 Å². The predicted molar refractivity (Wildman–Crippen MR) is 137 cm³/mol. The van der Waals surface area contributed by atoms with Gasteiger partial charge in [-0.3, -0.25) is 0 Å². The van der Waals surface area contributed by atoms with Crippen LogP contribution < -0.4 is 16.0 Å². The first-order chi connectivity index (χ1) is 16.5. The standard InChI is InChI=1S/C24H39N7O3/c1-7-19-9-11-20(12-10-19)30-31-21-22(25-13-8-14-32-4)28-24(27-18(3)16-34-6)29-23(21)26-17(2)15-33-5/h9-12,17-18H,7-8,13-16H2,1-6H3,(H3,25,26,27,28,29). The molecule has 10 heteroatoms. The zero-order chi connectivity index (χ0) is 24.8. The molecule has 188 valence electrons. The summed E-state index contributed by atoms with van der Waals surface area (Å²) in [5.74, 6) is 1.62. The first-order valence-corrected chi connectivity index (χ1v) is 11.7. The van der Waals surface area contributed by atoms with Crippen molar-refractivity contribution < 1.29 is 14.2 Å². The maximum absolute atomic E-state index is 5.29. The minimum Gasteiger partial charge on any atom is -0.385 e. The Hall–Kier alpha value is -2.82. The minimum atomic E-state index is 0.00303. The van der Waals surface area contributed by atoms with Crippen molar-refractivity contribution in [3.63, 3.8) is 0 Å². The molecule has 0 saturated carbocycles. The number of ether oxygens (including phenoxy) is 3. The van der Waals surface area contributed by atoms with Crippen LogP contribution in [0.5, 0.6) is 0 Å². The zero-order valence-electron chi connectivity index (χ0n) is 21.2. The number of benzene rings is 1. The smallest absolute Gasteiger partial charge is 0.227 e. The number of nitrogens with zero attached hydrogens (tertiary/aromatic N) is 4. The summed E-state index contributed by atoms with van der Waals surface area (Å²) in [5, 5.41) is 19.1. The first-order valence-electron chi connectivity index (χ1n) is 11.7. The fourth-order valence-corrected chi connectivity index (χ4v) is 3.20. The largest absolute Gasteiger partial charge is 0.385 e. The molecular formula is C24H39N7O3. The van der Waals surface area contributed by atoms with Crippen LogP contribution in [-0.4, -0.2) is 69.7 Å². The molecule has 0 bridgehead atoms. The zero-order valence-corrected chi connectivity index (χ0v) is 21.2. The summed E-state index contributed by atoms with van der Waals surface area (Å²) < 4.78 is 15.7. The van der Waals surface area contributed by atoms with Crippen LogP contribution >= 0.6 is 0 Å². The van der Waals surface area contributed by atoms with Crippen LogP contribution in [0.2, 0.25) is 0 Å². The number of azo groups is 1. The van der Waals surface area contributed by atoms with Crippen LogP contribution in [0, 0.1) is 0 Å². The van der Waals surface area contributed by atoms with Gasteiger partial charge >= 0.3 is 0 Å². The Labute approximate surface area is 202 Å². The lowest BCUT2D eigenvalue weighted by Crippen LogP contribution is -2.25. The Morgan fingerprint density at radius 3 is 2.12 bits per heavy atom. The van der Waals surface area contributed by atoms with Gasteiger partial charge in [-0.2, -0.15) is 15.1 Å². The number of hydrogen-bond donors (Lipinski definition) is 3. The maximum atomic E-state index is 5.29. The van der Waals surface area contributed by atoms with Gasteiger partial charge < -0.3 is 30.2 Å². The van der Waals surface area contributed by atoms with Crippen molar-refractivity contribution in [3.8, 4) is 0 Å². The highest BCUT2D eigenvalue weighted by molar-refractivity contribution is 5.75. The summed E-state index contributed by atoms with van der Waals surface area (Å²) in [7, 11) is 5.02. The molecule has 2 aromatic rings. The Morgan fingerprint density at radius 2 is 1.50 bits per heavy atom. The van der Waals surface area contributed by atoms with E-state index in [0.29, 0.717) is 49.6 Å². The van der Waals surface area contributed by atoms with E-state index in [-0.39, 0.29) is 12.1 Å². The molecular weight excluding hydrogens is 434 g/mol. The summed E-state index contributed by atoms with van der Waals surface area (Å²) in [6.07, 6.45) is 1.80. The molecule has 0 radical (unpaired) electrons. The lowest BCUT2D eigenvalue weighted by atomic mass is 10.2. The topological polar surface area (TPSA) is 114 Å². The normalized spacial score (nSPS) is 13.1. The van der Waals surface area contributed by atoms with Gasteiger partial charge in [0.15, 0.2) is 17.3 Å². The summed E-state index contributed by atoms with van der Waals surface area (Å²) in [6, 6.07) is 8.05. The third kappa shape index (κ3) is 9.20. The van der Waals surface area contributed by atoms with E-state index < -0.39 is 0 Å². The Bertz CT molecular complexity index is 878. The Kier molecular flexibility index (Phi) is 12.2. The van der Waals surface area contributed by atoms with E-state index in [0.717, 1.165) is 18.5 Å². The molecule has 0 aliphatic heterocycles. The van der Waals surface area contributed by atoms with Gasteiger partial charge in [-0.05, 0) is 44.4 Å². The van der Waals surface area contributed by atoms with Gasteiger partial charge in [0.25, 0.3) is 0 Å². The van der Waals surface area contributed by atoms with E-state index in [1.807, 2.05) is 26.0 Å². The number of nitrogens with one attached hydrogen (secondary N) is 3. The maximum Gasteiger partial charge on any atom is 0.227 e. The second-order valence-corrected chi connectivity index (χ2v) is 8.09. The van der Waals surface area contributed by atoms with Gasteiger partial charge in [0.2, 0.25) is 5.95 Å². The molecule has 2 atom stereocenters. The second kappa shape index (κ2) is 15.2. The monoisotopic (exact) mass is 473 g/mol. The second-order valence-electron chi connectivity index (χ2n) is 8.09. The molecule has 0 aliphatic carbocycles. The summed E-state index contributed by atoms with van der Waals surface area (Å²) in [5.41, 5.74) is 2.54. The molecule has 1 heterocycles. The van der Waals surface area contributed by atoms with Gasteiger partial charge in [-0.1, -0.05) is 19.1 Å². The molecule has 0 spiro atoms. The number of hydrogen-bond acceptors (Lipinski definition) is 10. The molecule has 1 aromatic heterocycles. The molecule has 2 unspecified atom stereocenters. The molecule has 34 heavy (non-hydrogen) atoms. The van der Waals surface area contributed by atoms with E-state index in [9.17, 15) is 0 Å². The van der Waals surface area contributed by atoms with Crippen molar-refractivity contribution in [1.29, 1.82) is 0 Å². The highest BCUT2D eigenvalue weighted by Gasteiger charge is 2.18. The van der Waals surface area contributed by atoms with Crippen LogP contribution in [0.4, 0.5) is 29.0 Å². The molecule has 10 nitrogen and oxygen atoms in total. The van der Waals surface area contributed by atoms with Crippen LogP contribution in [-0.2, 0) is 20.6 Å². The van der Waals surface area contributed by atoms with Gasteiger partial charge in [0.1, 0.15) is 0 Å². The Balaban J connectivity index is 2.44. The predicted octanol–water partition coefficient (Wildman–Crippen LogP) is 4.80. The van der Waals surface area contributed by atoms with E-state index in [2.05, 4.69) is 45.2 Å². The van der Waals surface area contributed by atoms with Crippen molar-refractivity contribution in [2.45, 2.75) is 45.7 Å². The van der Waals surface area contributed by atoms with Gasteiger partial charge in [-0.25, -0.2) is 0 Å². The van der Waals surface area contributed by atoms with E-state index in [1.54, 1.807) is 21.3 Å². The number of aryl methyl sites for hydroxylation is 1. The SMILES string of the molecule is CCc1ccc(N=Nc2c(NCCCOC)nc(NC(C)COC)nc2NC(C)COC)cc1. The van der Waals surface area contributed by atoms with Crippen LogP contribution in [0.15, 0.2) is 34.5 Å². The molecule has 1 aromatic carbocycles. The lowest BCUT2D eigenvalue weighted by molar-refractivity contribution is 0.190. The third-order valence-electron chi connectivity index (χ3n) is 4.90. The van der Waals surface area contributed by atoms with Crippen molar-refractivity contribution in [2.75, 3.05) is 63.6 Å². The van der Waals surface area contributed by atoms with Crippen molar-refractivity contribution >= 4 is 29.0 Å². The third-order valence-corrected chi connectivity index (χ3v) is 4.90. The highest BCUT2D eigenvalue weighted by Crippen LogP contribution is 2.34. The summed E-state index contributed by atoms with van der Waals surface area (Å²) >= 11 is 0. The van der Waals surface area contributed by atoms with Crippen LogP contribution in [0.25, 0.3) is 0 Å². The highest BCUT2D eigenvalue weighted by atomic mass is 16.5.